The van der Waals surface area contributed by atoms with Crippen LogP contribution in [0.1, 0.15) is 24.3 Å². The average molecular weight is 437 g/mol. The normalized spacial score (nSPS) is 29.5. The third-order valence-electron chi connectivity index (χ3n) is 5.40. The van der Waals surface area contributed by atoms with Crippen molar-refractivity contribution in [2.75, 3.05) is 13.2 Å². The first kappa shape index (κ1) is 22.5. The van der Waals surface area contributed by atoms with Crippen LogP contribution >= 0.6 is 0 Å². The molecule has 0 saturated carbocycles. The minimum Gasteiger partial charge on any atom is -0.360 e. The zero-order chi connectivity index (χ0) is 22.3. The molecule has 0 spiro atoms. The molecule has 1 amide bonds. The molecule has 0 unspecified atom stereocenters. The topological polar surface area (TPSA) is 75.3 Å². The van der Waals surface area contributed by atoms with Crippen LogP contribution in [0.2, 0.25) is 0 Å². The first-order valence-corrected chi connectivity index (χ1v) is 10.6. The van der Waals surface area contributed by atoms with E-state index >= 15 is 0 Å². The summed E-state index contributed by atoms with van der Waals surface area (Å²) in [4.78, 5) is 12.0. The largest absolute Gasteiger partial charge is 0.360 e. The molecule has 6 atom stereocenters. The Morgan fingerprint density at radius 2 is 1.81 bits per heavy atom. The van der Waals surface area contributed by atoms with Crippen molar-refractivity contribution in [3.63, 3.8) is 0 Å². The fourth-order valence-corrected chi connectivity index (χ4v) is 3.98. The number of amides is 1. The molecular weight excluding hydrogens is 410 g/mol. The van der Waals surface area contributed by atoms with E-state index in [0.717, 1.165) is 11.1 Å². The summed E-state index contributed by atoms with van der Waals surface area (Å²) in [5.41, 5.74) is 1.88. The second kappa shape index (κ2) is 10.7. The Labute approximate surface area is 187 Å². The number of benzene rings is 2. The number of nitrogens with one attached hydrogen (secondary N) is 1. The summed E-state index contributed by atoms with van der Waals surface area (Å²) in [6.45, 7) is 2.11. The first-order chi connectivity index (χ1) is 15.7. The SMILES string of the molecule is C#CCO[C@@H]1[C@@H](NC(C)=O)[C@H](OCc2ccccc2)O[C@@H]2CO[C@@H](c3ccccc3)O[C@@H]12. The number of hydrogen-bond acceptors (Lipinski definition) is 6. The molecule has 2 heterocycles. The average Bonchev–Trinajstić information content (AvgIpc) is 2.82. The molecule has 0 aliphatic carbocycles. The molecule has 4 rings (SSSR count). The number of fused-ring (bicyclic) bond motifs is 1. The number of rotatable bonds is 7. The van der Waals surface area contributed by atoms with Crippen molar-refractivity contribution >= 4 is 5.91 Å². The maximum absolute atomic E-state index is 12.0. The monoisotopic (exact) mass is 437 g/mol. The van der Waals surface area contributed by atoms with Crippen LogP contribution in [0.25, 0.3) is 0 Å². The quantitative estimate of drug-likeness (QED) is 0.671. The summed E-state index contributed by atoms with van der Waals surface area (Å²) in [5.74, 6) is 2.27. The molecule has 168 valence electrons. The van der Waals surface area contributed by atoms with Crippen molar-refractivity contribution < 1.29 is 28.5 Å². The van der Waals surface area contributed by atoms with Crippen molar-refractivity contribution in [3.05, 3.63) is 71.8 Å². The molecule has 0 bridgehead atoms. The van der Waals surface area contributed by atoms with Crippen LogP contribution in [-0.4, -0.2) is 49.8 Å². The Morgan fingerprint density at radius 3 is 2.50 bits per heavy atom. The Hall–Kier alpha value is -2.73. The van der Waals surface area contributed by atoms with E-state index < -0.39 is 36.9 Å². The molecule has 7 nitrogen and oxygen atoms in total. The minimum atomic E-state index is -0.761. The van der Waals surface area contributed by atoms with E-state index in [9.17, 15) is 4.79 Å². The van der Waals surface area contributed by atoms with Crippen molar-refractivity contribution in [1.82, 2.24) is 5.32 Å². The van der Waals surface area contributed by atoms with Gasteiger partial charge in [0.15, 0.2) is 12.6 Å². The van der Waals surface area contributed by atoms with E-state index in [4.69, 9.17) is 30.1 Å². The molecule has 7 heteroatoms. The lowest BCUT2D eigenvalue weighted by Crippen LogP contribution is -2.67. The van der Waals surface area contributed by atoms with Crippen LogP contribution in [0.15, 0.2) is 60.7 Å². The number of carbonyl (C=O) groups is 1. The molecule has 2 fully saturated rings. The predicted octanol–water partition coefficient (Wildman–Crippen LogP) is 2.57. The molecule has 2 aliphatic rings. The summed E-state index contributed by atoms with van der Waals surface area (Å²) >= 11 is 0. The Kier molecular flexibility index (Phi) is 7.53. The molecule has 0 aromatic heterocycles. The van der Waals surface area contributed by atoms with Crippen molar-refractivity contribution in [2.24, 2.45) is 0 Å². The van der Waals surface area contributed by atoms with Gasteiger partial charge in [0.1, 0.15) is 31.0 Å². The highest BCUT2D eigenvalue weighted by molar-refractivity contribution is 5.73. The third kappa shape index (κ3) is 5.36. The van der Waals surface area contributed by atoms with Gasteiger partial charge in [0.05, 0.1) is 13.2 Å². The Bertz CT molecular complexity index is 915. The molecular formula is C25H27NO6. The second-order valence-corrected chi connectivity index (χ2v) is 7.72. The smallest absolute Gasteiger partial charge is 0.217 e. The van der Waals surface area contributed by atoms with Crippen molar-refractivity contribution in [3.8, 4) is 12.3 Å². The van der Waals surface area contributed by atoms with Gasteiger partial charge in [-0.25, -0.2) is 0 Å². The lowest BCUT2D eigenvalue weighted by atomic mass is 9.95. The highest BCUT2D eigenvalue weighted by atomic mass is 16.7. The summed E-state index contributed by atoms with van der Waals surface area (Å²) in [6.07, 6.45) is 2.60. The van der Waals surface area contributed by atoms with Crippen LogP contribution in [0.4, 0.5) is 0 Å². The molecule has 2 aromatic rings. The van der Waals surface area contributed by atoms with Crippen LogP contribution in [-0.2, 0) is 35.1 Å². The molecule has 2 aromatic carbocycles. The Balaban J connectivity index is 1.55. The standard InChI is InChI=1S/C25H27NO6/c1-3-14-28-23-21(26-17(2)27)25(29-15-18-10-6-4-7-11-18)31-20-16-30-24(32-22(20)23)19-12-8-5-9-13-19/h1,4-13,20-25H,14-16H2,2H3,(H,26,27)/t20-,21-,22-,23-,24-,25-/m1/s1. The highest BCUT2D eigenvalue weighted by Gasteiger charge is 2.51. The van der Waals surface area contributed by atoms with Gasteiger partial charge in [0.25, 0.3) is 0 Å². The zero-order valence-electron chi connectivity index (χ0n) is 17.9. The van der Waals surface area contributed by atoms with Crippen molar-refractivity contribution in [1.29, 1.82) is 0 Å². The lowest BCUT2D eigenvalue weighted by Gasteiger charge is -2.49. The third-order valence-corrected chi connectivity index (χ3v) is 5.40. The van der Waals surface area contributed by atoms with Gasteiger partial charge in [-0.3, -0.25) is 4.79 Å². The maximum Gasteiger partial charge on any atom is 0.217 e. The highest BCUT2D eigenvalue weighted by Crippen LogP contribution is 2.35. The van der Waals surface area contributed by atoms with Gasteiger partial charge in [0.2, 0.25) is 5.91 Å². The van der Waals surface area contributed by atoms with E-state index in [2.05, 4.69) is 11.2 Å². The van der Waals surface area contributed by atoms with Gasteiger partial charge in [-0.15, -0.1) is 6.42 Å². The predicted molar refractivity (Wildman–Crippen MR) is 116 cm³/mol. The van der Waals surface area contributed by atoms with E-state index in [1.165, 1.54) is 6.92 Å². The van der Waals surface area contributed by atoms with Gasteiger partial charge >= 0.3 is 0 Å². The van der Waals surface area contributed by atoms with E-state index in [1.54, 1.807) is 0 Å². The van der Waals surface area contributed by atoms with Crippen LogP contribution < -0.4 is 5.32 Å². The summed E-state index contributed by atoms with van der Waals surface area (Å²) in [7, 11) is 0. The van der Waals surface area contributed by atoms with Crippen molar-refractivity contribution in [2.45, 2.75) is 50.5 Å². The number of terminal acetylenes is 1. The summed E-state index contributed by atoms with van der Waals surface area (Å²) < 4.78 is 30.5. The molecule has 32 heavy (non-hydrogen) atoms. The summed E-state index contributed by atoms with van der Waals surface area (Å²) in [6, 6.07) is 18.8. The molecule has 2 saturated heterocycles. The van der Waals surface area contributed by atoms with Gasteiger partial charge in [-0.2, -0.15) is 0 Å². The van der Waals surface area contributed by atoms with Gasteiger partial charge in [-0.05, 0) is 5.56 Å². The van der Waals surface area contributed by atoms with Gasteiger partial charge in [0, 0.05) is 12.5 Å². The zero-order valence-corrected chi connectivity index (χ0v) is 17.9. The van der Waals surface area contributed by atoms with E-state index in [1.807, 2.05) is 60.7 Å². The minimum absolute atomic E-state index is 0.0651. The fraction of sp³-hybridized carbons (Fsp3) is 0.400. The number of carbonyl (C=O) groups excluding carboxylic acids is 1. The molecule has 2 aliphatic heterocycles. The van der Waals surface area contributed by atoms with E-state index in [-0.39, 0.29) is 19.1 Å². The van der Waals surface area contributed by atoms with Gasteiger partial charge in [-0.1, -0.05) is 66.6 Å². The summed E-state index contributed by atoms with van der Waals surface area (Å²) in [5, 5.41) is 2.91. The first-order valence-electron chi connectivity index (χ1n) is 10.6. The molecule has 1 N–H and O–H groups in total. The maximum atomic E-state index is 12.0. The Morgan fingerprint density at radius 1 is 1.09 bits per heavy atom. The lowest BCUT2D eigenvalue weighted by molar-refractivity contribution is -0.348. The second-order valence-electron chi connectivity index (χ2n) is 7.72. The van der Waals surface area contributed by atoms with Gasteiger partial charge < -0.3 is 29.0 Å². The fourth-order valence-electron chi connectivity index (χ4n) is 3.98. The van der Waals surface area contributed by atoms with Crippen LogP contribution in [0.3, 0.4) is 0 Å². The number of hydrogen-bond donors (Lipinski definition) is 1. The van der Waals surface area contributed by atoms with Crippen LogP contribution in [0.5, 0.6) is 0 Å². The van der Waals surface area contributed by atoms with E-state index in [0.29, 0.717) is 6.61 Å². The number of ether oxygens (including phenoxy) is 5. The van der Waals surface area contributed by atoms with Crippen LogP contribution in [0, 0.1) is 12.3 Å². The molecule has 0 radical (unpaired) electrons.